The van der Waals surface area contributed by atoms with Crippen molar-refractivity contribution >= 4 is 38.7 Å². The van der Waals surface area contributed by atoms with Crippen molar-refractivity contribution in [1.29, 1.82) is 0 Å². The van der Waals surface area contributed by atoms with Crippen LogP contribution in [0.2, 0.25) is 0 Å². The number of nitrogens with zero attached hydrogens (tertiary/aromatic N) is 1. The predicted molar refractivity (Wildman–Crippen MR) is 159 cm³/mol. The lowest BCUT2D eigenvalue weighted by atomic mass is 9.96. The number of aromatic amines is 1. The van der Waals surface area contributed by atoms with Gasteiger partial charge in [-0.2, -0.15) is 0 Å². The number of rotatable bonds is 3. The average Bonchev–Trinajstić information content (AvgIpc) is 3.59. The Labute approximate surface area is 217 Å². The number of benzene rings is 5. The molecule has 0 radical (unpaired) electrons. The Bertz CT molecular complexity index is 1790. The van der Waals surface area contributed by atoms with E-state index in [0.29, 0.717) is 0 Å². The standard InChI is InChI=1S/C27H21N.C8H7N/c1-2-11-23-18-21-19-26(20-12-5-3-6-13-20)24-16-9-10-17-25(24)27(21)28(23)22-14-7-4-8-15-22;1-2-4-8-7(3-1)5-6-9-8/h2-19H,1H3;1-6,9H/b11-2+;. The van der Waals surface area contributed by atoms with Crippen molar-refractivity contribution < 1.29 is 0 Å². The maximum absolute atomic E-state index is 3.12. The molecule has 2 nitrogen and oxygen atoms in total. The number of hydrogen-bond acceptors (Lipinski definition) is 0. The number of hydrogen-bond donors (Lipinski definition) is 1. The van der Waals surface area contributed by atoms with Gasteiger partial charge in [0.25, 0.3) is 0 Å². The van der Waals surface area contributed by atoms with Gasteiger partial charge in [-0.3, -0.25) is 0 Å². The van der Waals surface area contributed by atoms with Crippen LogP contribution in [0, 0.1) is 0 Å². The van der Waals surface area contributed by atoms with E-state index in [9.17, 15) is 0 Å². The Kier molecular flexibility index (Phi) is 6.14. The largest absolute Gasteiger partial charge is 0.361 e. The van der Waals surface area contributed by atoms with Crippen LogP contribution < -0.4 is 0 Å². The fraction of sp³-hybridized carbons (Fsp3) is 0.0286. The van der Waals surface area contributed by atoms with Gasteiger partial charge in [0.05, 0.1) is 5.52 Å². The summed E-state index contributed by atoms with van der Waals surface area (Å²) < 4.78 is 2.37. The molecule has 5 aromatic carbocycles. The normalized spacial score (nSPS) is 11.3. The van der Waals surface area contributed by atoms with Crippen LogP contribution in [0.5, 0.6) is 0 Å². The summed E-state index contributed by atoms with van der Waals surface area (Å²) in [5.41, 5.74) is 7.37. The minimum atomic E-state index is 1.18. The van der Waals surface area contributed by atoms with Gasteiger partial charge in [0.2, 0.25) is 0 Å². The van der Waals surface area contributed by atoms with Gasteiger partial charge in [-0.1, -0.05) is 97.1 Å². The summed E-state index contributed by atoms with van der Waals surface area (Å²) in [5.74, 6) is 0. The summed E-state index contributed by atoms with van der Waals surface area (Å²) >= 11 is 0. The molecule has 37 heavy (non-hydrogen) atoms. The summed E-state index contributed by atoms with van der Waals surface area (Å²) in [5, 5.41) is 5.09. The molecule has 0 aliphatic rings. The van der Waals surface area contributed by atoms with E-state index in [-0.39, 0.29) is 0 Å². The van der Waals surface area contributed by atoms with E-state index < -0.39 is 0 Å². The van der Waals surface area contributed by atoms with Crippen molar-refractivity contribution in [2.75, 3.05) is 0 Å². The second kappa shape index (κ2) is 10.0. The van der Waals surface area contributed by atoms with Crippen LogP contribution >= 0.6 is 0 Å². The van der Waals surface area contributed by atoms with E-state index in [0.717, 1.165) is 0 Å². The highest BCUT2D eigenvalue weighted by Gasteiger charge is 2.15. The van der Waals surface area contributed by atoms with Crippen LogP contribution in [-0.2, 0) is 0 Å². The molecule has 178 valence electrons. The van der Waals surface area contributed by atoms with Crippen LogP contribution in [0.1, 0.15) is 12.6 Å². The van der Waals surface area contributed by atoms with Gasteiger partial charge in [-0.15, -0.1) is 0 Å². The zero-order valence-corrected chi connectivity index (χ0v) is 20.8. The lowest BCUT2D eigenvalue weighted by Gasteiger charge is -2.13. The first-order valence-electron chi connectivity index (χ1n) is 12.7. The minimum Gasteiger partial charge on any atom is -0.361 e. The average molecular weight is 477 g/mol. The molecular weight excluding hydrogens is 448 g/mol. The van der Waals surface area contributed by atoms with Crippen LogP contribution in [0.25, 0.3) is 55.5 Å². The molecule has 0 saturated heterocycles. The van der Waals surface area contributed by atoms with E-state index in [1.165, 1.54) is 55.1 Å². The zero-order chi connectivity index (χ0) is 25.0. The Morgan fingerprint density at radius 2 is 1.30 bits per heavy atom. The molecule has 0 unspecified atom stereocenters. The highest BCUT2D eigenvalue weighted by Crippen LogP contribution is 2.38. The second-order valence-electron chi connectivity index (χ2n) is 9.08. The summed E-state index contributed by atoms with van der Waals surface area (Å²) in [6, 6.07) is 44.9. The summed E-state index contributed by atoms with van der Waals surface area (Å²) in [6.45, 7) is 2.07. The number of fused-ring (bicyclic) bond motifs is 4. The number of nitrogens with one attached hydrogen (secondary N) is 1. The Balaban J connectivity index is 0.000000235. The first-order chi connectivity index (χ1) is 18.3. The highest BCUT2D eigenvalue weighted by atomic mass is 15.0. The molecule has 7 rings (SSSR count). The molecule has 0 aliphatic heterocycles. The van der Waals surface area contributed by atoms with Crippen LogP contribution in [0.3, 0.4) is 0 Å². The quantitative estimate of drug-likeness (QED) is 0.262. The Morgan fingerprint density at radius 1 is 0.622 bits per heavy atom. The molecule has 0 spiro atoms. The Morgan fingerprint density at radius 3 is 2.05 bits per heavy atom. The van der Waals surface area contributed by atoms with E-state index in [2.05, 4.69) is 144 Å². The van der Waals surface area contributed by atoms with Gasteiger partial charge in [0.15, 0.2) is 0 Å². The van der Waals surface area contributed by atoms with Gasteiger partial charge < -0.3 is 9.55 Å². The van der Waals surface area contributed by atoms with Crippen molar-refractivity contribution in [1.82, 2.24) is 9.55 Å². The fourth-order valence-corrected chi connectivity index (χ4v) is 5.09. The molecular formula is C35H28N2. The Hall–Kier alpha value is -4.82. The number of H-pyrrole nitrogens is 1. The molecule has 0 bridgehead atoms. The maximum Gasteiger partial charge on any atom is 0.0613 e. The third-order valence-corrected chi connectivity index (χ3v) is 6.73. The first kappa shape index (κ1) is 22.6. The highest BCUT2D eigenvalue weighted by molar-refractivity contribution is 6.13. The predicted octanol–water partition coefficient (Wildman–Crippen LogP) is 9.65. The molecule has 0 amide bonds. The van der Waals surface area contributed by atoms with E-state index in [1.807, 2.05) is 18.3 Å². The smallest absolute Gasteiger partial charge is 0.0613 e. The molecule has 7 aromatic rings. The minimum absolute atomic E-state index is 1.18. The monoisotopic (exact) mass is 476 g/mol. The van der Waals surface area contributed by atoms with Crippen molar-refractivity contribution in [2.24, 2.45) is 0 Å². The summed E-state index contributed by atoms with van der Waals surface area (Å²) in [4.78, 5) is 3.12. The molecule has 0 atom stereocenters. The fourth-order valence-electron chi connectivity index (χ4n) is 5.09. The maximum atomic E-state index is 3.12. The van der Waals surface area contributed by atoms with Crippen LogP contribution in [-0.4, -0.2) is 9.55 Å². The van der Waals surface area contributed by atoms with Gasteiger partial charge in [0.1, 0.15) is 0 Å². The first-order valence-corrected chi connectivity index (χ1v) is 12.7. The third-order valence-electron chi connectivity index (χ3n) is 6.73. The molecule has 0 aliphatic carbocycles. The van der Waals surface area contributed by atoms with E-state index in [4.69, 9.17) is 0 Å². The van der Waals surface area contributed by atoms with Gasteiger partial charge in [-0.25, -0.2) is 0 Å². The molecule has 2 heterocycles. The number of aromatic nitrogens is 2. The van der Waals surface area contributed by atoms with Gasteiger partial charge in [0, 0.05) is 33.9 Å². The molecule has 1 N–H and O–H groups in total. The number of para-hydroxylation sites is 2. The topological polar surface area (TPSA) is 20.7 Å². The van der Waals surface area contributed by atoms with Crippen molar-refractivity contribution in [3.05, 3.63) is 145 Å². The van der Waals surface area contributed by atoms with Gasteiger partial charge in [-0.05, 0) is 71.3 Å². The van der Waals surface area contributed by atoms with Crippen molar-refractivity contribution in [3.8, 4) is 16.8 Å². The lowest BCUT2D eigenvalue weighted by molar-refractivity contribution is 1.11. The van der Waals surface area contributed by atoms with Crippen molar-refractivity contribution in [3.63, 3.8) is 0 Å². The third kappa shape index (κ3) is 4.34. The summed E-state index contributed by atoms with van der Waals surface area (Å²) in [6.07, 6.45) is 6.24. The SMILES string of the molecule is C/C=C/c1cc2cc(-c3ccccc3)c3ccccc3c2n1-c1ccccc1.c1ccc2[nH]ccc2c1. The van der Waals surface area contributed by atoms with E-state index >= 15 is 0 Å². The second-order valence-corrected chi connectivity index (χ2v) is 9.08. The lowest BCUT2D eigenvalue weighted by Crippen LogP contribution is -1.96. The van der Waals surface area contributed by atoms with Crippen LogP contribution in [0.4, 0.5) is 0 Å². The molecule has 0 fully saturated rings. The summed E-state index contributed by atoms with van der Waals surface area (Å²) in [7, 11) is 0. The molecule has 0 saturated carbocycles. The zero-order valence-electron chi connectivity index (χ0n) is 20.8. The van der Waals surface area contributed by atoms with E-state index in [1.54, 1.807) is 0 Å². The van der Waals surface area contributed by atoms with Gasteiger partial charge >= 0.3 is 0 Å². The molecule has 2 heteroatoms. The molecule has 2 aromatic heterocycles. The number of allylic oxidation sites excluding steroid dienone is 1. The van der Waals surface area contributed by atoms with Crippen molar-refractivity contribution in [2.45, 2.75) is 6.92 Å². The van der Waals surface area contributed by atoms with Crippen LogP contribution in [0.15, 0.2) is 140 Å².